The lowest BCUT2D eigenvalue weighted by Gasteiger charge is -2.26. The maximum absolute atomic E-state index is 14.1. The number of aryl methyl sites for hydroxylation is 1. The van der Waals surface area contributed by atoms with Gasteiger partial charge in [0.2, 0.25) is 0 Å². The molecule has 2 amide bonds. The van der Waals surface area contributed by atoms with Crippen molar-refractivity contribution >= 4 is 11.8 Å². The van der Waals surface area contributed by atoms with Crippen molar-refractivity contribution in [3.05, 3.63) is 70.0 Å². The normalized spacial score (nSPS) is 13.2. The van der Waals surface area contributed by atoms with Crippen molar-refractivity contribution in [2.45, 2.75) is 78.6 Å². The summed E-state index contributed by atoms with van der Waals surface area (Å²) in [6, 6.07) is 5.95. The van der Waals surface area contributed by atoms with Crippen molar-refractivity contribution in [2.75, 3.05) is 26.2 Å². The van der Waals surface area contributed by atoms with Crippen molar-refractivity contribution in [3.8, 4) is 0 Å². The molecule has 228 valence electrons. The maximum atomic E-state index is 14.1. The first-order valence-corrected chi connectivity index (χ1v) is 14.2. The molecular weight excluding hydrogens is 538 g/mol. The summed E-state index contributed by atoms with van der Waals surface area (Å²) in [6.45, 7) is 11.6. The van der Waals surface area contributed by atoms with Gasteiger partial charge in [0, 0.05) is 30.8 Å². The second-order valence-electron chi connectivity index (χ2n) is 11.0. The number of carbonyl (C=O) groups is 2. The number of nitrogens with one attached hydrogen (secondary N) is 2. The predicted molar refractivity (Wildman–Crippen MR) is 152 cm³/mol. The quantitative estimate of drug-likeness (QED) is 0.185. The molecule has 2 rings (SSSR count). The van der Waals surface area contributed by atoms with E-state index in [1.807, 2.05) is 27.7 Å². The number of aliphatic hydroxyl groups is 1. The largest absolute Gasteiger partial charge is 0.416 e. The number of benzene rings is 2. The van der Waals surface area contributed by atoms with Crippen LogP contribution in [0.15, 0.2) is 36.4 Å². The van der Waals surface area contributed by atoms with Crippen LogP contribution in [0.5, 0.6) is 0 Å². The van der Waals surface area contributed by atoms with Crippen molar-refractivity contribution in [3.63, 3.8) is 0 Å². The van der Waals surface area contributed by atoms with Crippen LogP contribution in [0.3, 0.4) is 0 Å². The molecule has 0 saturated carbocycles. The Labute approximate surface area is 240 Å². The van der Waals surface area contributed by atoms with Crippen molar-refractivity contribution in [1.82, 2.24) is 15.5 Å². The number of carbonyl (C=O) groups excluding carboxylic acids is 2. The van der Waals surface area contributed by atoms with Gasteiger partial charge in [-0.2, -0.15) is 13.2 Å². The van der Waals surface area contributed by atoms with E-state index in [2.05, 4.69) is 10.6 Å². The molecule has 6 nitrogen and oxygen atoms in total. The molecule has 2 aromatic carbocycles. The first kappa shape index (κ1) is 34.2. The molecule has 0 aliphatic carbocycles. The average molecular weight is 582 g/mol. The molecule has 41 heavy (non-hydrogen) atoms. The summed E-state index contributed by atoms with van der Waals surface area (Å²) in [5.41, 5.74) is 0.0543. The molecule has 0 aromatic heterocycles. The lowest BCUT2D eigenvalue weighted by atomic mass is 9.98. The fourth-order valence-corrected chi connectivity index (χ4v) is 4.58. The molecule has 10 heteroatoms. The molecule has 0 saturated heterocycles. The van der Waals surface area contributed by atoms with E-state index in [4.69, 9.17) is 0 Å². The number of hydrogen-bond donors (Lipinski definition) is 3. The van der Waals surface area contributed by atoms with Crippen LogP contribution in [0.2, 0.25) is 0 Å². The lowest BCUT2D eigenvalue weighted by Crippen LogP contribution is -2.49. The molecule has 0 aliphatic rings. The van der Waals surface area contributed by atoms with Crippen LogP contribution in [-0.4, -0.2) is 60.1 Å². The minimum Gasteiger partial charge on any atom is -0.390 e. The van der Waals surface area contributed by atoms with Gasteiger partial charge in [-0.25, -0.2) is 4.39 Å². The Balaban J connectivity index is 2.34. The Bertz CT molecular complexity index is 1150. The zero-order chi connectivity index (χ0) is 30.7. The monoisotopic (exact) mass is 581 g/mol. The molecule has 0 unspecified atom stereocenters. The van der Waals surface area contributed by atoms with E-state index < -0.39 is 35.6 Å². The maximum Gasteiger partial charge on any atom is 0.416 e. The van der Waals surface area contributed by atoms with Crippen LogP contribution in [0.1, 0.15) is 84.4 Å². The number of rotatable bonds is 15. The average Bonchev–Trinajstić information content (AvgIpc) is 2.88. The number of amides is 2. The van der Waals surface area contributed by atoms with Gasteiger partial charge in [-0.15, -0.1) is 0 Å². The summed E-state index contributed by atoms with van der Waals surface area (Å²) in [4.78, 5) is 28.3. The fourth-order valence-electron chi connectivity index (χ4n) is 4.58. The summed E-state index contributed by atoms with van der Waals surface area (Å²) >= 11 is 0. The Morgan fingerprint density at radius 2 is 1.61 bits per heavy atom. The van der Waals surface area contributed by atoms with Gasteiger partial charge in [-0.3, -0.25) is 9.59 Å². The molecule has 0 radical (unpaired) electrons. The highest BCUT2D eigenvalue weighted by molar-refractivity contribution is 6.00. The molecular formula is C31H43F4N3O3. The topological polar surface area (TPSA) is 81.7 Å². The van der Waals surface area contributed by atoms with Gasteiger partial charge in [-0.05, 0) is 92.6 Å². The second kappa shape index (κ2) is 15.9. The lowest BCUT2D eigenvalue weighted by molar-refractivity contribution is -0.137. The van der Waals surface area contributed by atoms with Crippen LogP contribution >= 0.6 is 0 Å². The zero-order valence-electron chi connectivity index (χ0n) is 24.6. The van der Waals surface area contributed by atoms with Crippen molar-refractivity contribution in [2.24, 2.45) is 5.92 Å². The molecule has 0 fully saturated rings. The number of halogens is 4. The standard InChI is InChI=1S/C31H43F4N3O3/c1-6-10-38(11-7-2)30(41)24-13-21(5)12-23(17-24)29(40)37-27(28(39)19-36-9-8-20(3)4)16-22-14-25(31(33,34)35)18-26(32)15-22/h12-15,17-18,20,27-28,36,39H,6-11,16,19H2,1-5H3,(H,37,40)/t27-,28+/m0/s1. The van der Waals surface area contributed by atoms with Crippen LogP contribution in [0, 0.1) is 18.7 Å². The third-order valence-electron chi connectivity index (χ3n) is 6.63. The van der Waals surface area contributed by atoms with Gasteiger partial charge in [0.25, 0.3) is 11.8 Å². The molecule has 0 heterocycles. The third-order valence-corrected chi connectivity index (χ3v) is 6.63. The SMILES string of the molecule is CCCN(CCC)C(=O)c1cc(C)cc(C(=O)N[C@@H](Cc2cc(F)cc(C(F)(F)F)c2)[C@H](O)CNCCC(C)C)c1. The first-order chi connectivity index (χ1) is 19.2. The minimum absolute atomic E-state index is 0.0151. The van der Waals surface area contributed by atoms with E-state index in [1.165, 1.54) is 6.07 Å². The molecule has 3 N–H and O–H groups in total. The second-order valence-corrected chi connectivity index (χ2v) is 11.0. The third kappa shape index (κ3) is 11.1. The molecule has 0 spiro atoms. The van der Waals surface area contributed by atoms with Crippen LogP contribution in [0.25, 0.3) is 0 Å². The van der Waals surface area contributed by atoms with Crippen molar-refractivity contribution < 1.29 is 32.3 Å². The Kier molecular flexibility index (Phi) is 13.2. The minimum atomic E-state index is -4.75. The molecule has 0 bridgehead atoms. The smallest absolute Gasteiger partial charge is 0.390 e. The van der Waals surface area contributed by atoms with Crippen LogP contribution in [0.4, 0.5) is 17.6 Å². The van der Waals surface area contributed by atoms with E-state index in [-0.39, 0.29) is 30.0 Å². The van der Waals surface area contributed by atoms with Crippen LogP contribution < -0.4 is 10.6 Å². The summed E-state index contributed by atoms with van der Waals surface area (Å²) < 4.78 is 54.0. The highest BCUT2D eigenvalue weighted by Crippen LogP contribution is 2.31. The number of alkyl halides is 3. The highest BCUT2D eigenvalue weighted by atomic mass is 19.4. The summed E-state index contributed by atoms with van der Waals surface area (Å²) in [5.74, 6) is -1.43. The first-order valence-electron chi connectivity index (χ1n) is 14.2. The van der Waals surface area contributed by atoms with E-state index in [0.717, 1.165) is 31.4 Å². The zero-order valence-corrected chi connectivity index (χ0v) is 24.6. The van der Waals surface area contributed by atoms with E-state index in [0.29, 0.717) is 42.7 Å². The number of hydrogen-bond acceptors (Lipinski definition) is 4. The van der Waals surface area contributed by atoms with E-state index >= 15 is 0 Å². The van der Waals surface area contributed by atoms with Crippen molar-refractivity contribution in [1.29, 1.82) is 0 Å². The predicted octanol–water partition coefficient (Wildman–Crippen LogP) is 5.75. The van der Waals surface area contributed by atoms with Gasteiger partial charge in [-0.1, -0.05) is 27.7 Å². The summed E-state index contributed by atoms with van der Waals surface area (Å²) in [7, 11) is 0. The Hall–Kier alpha value is -2.98. The van der Waals surface area contributed by atoms with Gasteiger partial charge in [0.15, 0.2) is 0 Å². The number of nitrogens with zero attached hydrogens (tertiary/aromatic N) is 1. The fraction of sp³-hybridized carbons (Fsp3) is 0.548. The van der Waals surface area contributed by atoms with Gasteiger partial charge in [0.05, 0.1) is 17.7 Å². The molecule has 2 atom stereocenters. The number of aliphatic hydroxyl groups excluding tert-OH is 1. The molecule has 0 aliphatic heterocycles. The highest BCUT2D eigenvalue weighted by Gasteiger charge is 2.32. The van der Waals surface area contributed by atoms with E-state index in [9.17, 15) is 32.3 Å². The van der Waals surface area contributed by atoms with E-state index in [1.54, 1.807) is 24.0 Å². The van der Waals surface area contributed by atoms with Crippen LogP contribution in [-0.2, 0) is 12.6 Å². The van der Waals surface area contributed by atoms with Gasteiger partial charge in [0.1, 0.15) is 5.82 Å². The van der Waals surface area contributed by atoms with Gasteiger partial charge < -0.3 is 20.6 Å². The Morgan fingerprint density at radius 3 is 2.20 bits per heavy atom. The Morgan fingerprint density at radius 1 is 0.976 bits per heavy atom. The summed E-state index contributed by atoms with van der Waals surface area (Å²) in [6.07, 6.45) is -3.76. The molecule has 2 aromatic rings. The summed E-state index contributed by atoms with van der Waals surface area (Å²) in [5, 5.41) is 16.8. The van der Waals surface area contributed by atoms with Gasteiger partial charge >= 0.3 is 6.18 Å².